The van der Waals surface area contributed by atoms with Crippen molar-refractivity contribution in [1.29, 1.82) is 0 Å². The van der Waals surface area contributed by atoms with Crippen LogP contribution >= 0.6 is 0 Å². The van der Waals surface area contributed by atoms with E-state index < -0.39 is 0 Å². The second-order valence-corrected chi connectivity index (χ2v) is 2.51. The molecule has 2 nitrogen and oxygen atoms in total. The van der Waals surface area contributed by atoms with Crippen LogP contribution in [0, 0.1) is 0 Å². The lowest BCUT2D eigenvalue weighted by atomic mass is 10.1. The summed E-state index contributed by atoms with van der Waals surface area (Å²) in [4.78, 5) is 10.9. The molecule has 1 heterocycles. The molecular weight excluding hydrogens is 128 g/mol. The highest BCUT2D eigenvalue weighted by atomic mass is 16.4. The molecule has 0 N–H and O–H groups in total. The molecule has 0 unspecified atom stereocenters. The molecule has 0 aliphatic carbocycles. The Hall–Kier alpha value is -1.05. The van der Waals surface area contributed by atoms with E-state index in [0.717, 1.165) is 5.56 Å². The van der Waals surface area contributed by atoms with Gasteiger partial charge in [-0.1, -0.05) is 13.8 Å². The quantitative estimate of drug-likeness (QED) is 0.592. The number of rotatable bonds is 1. The Morgan fingerprint density at radius 2 is 2.20 bits per heavy atom. The summed E-state index contributed by atoms with van der Waals surface area (Å²) in [6.45, 7) is 3.93. The molecule has 0 saturated carbocycles. The van der Waals surface area contributed by atoms with Crippen molar-refractivity contribution in [2.45, 2.75) is 19.8 Å². The van der Waals surface area contributed by atoms with Crippen molar-refractivity contribution in [2.24, 2.45) is 0 Å². The van der Waals surface area contributed by atoms with Gasteiger partial charge in [0.25, 0.3) is 0 Å². The maximum absolute atomic E-state index is 10.9. The van der Waals surface area contributed by atoms with Crippen LogP contribution in [0.2, 0.25) is 0 Å². The highest BCUT2D eigenvalue weighted by molar-refractivity contribution is 5.10. The van der Waals surface area contributed by atoms with E-state index in [4.69, 9.17) is 0 Å². The normalized spacial score (nSPS) is 10.3. The second-order valence-electron chi connectivity index (χ2n) is 2.51. The van der Waals surface area contributed by atoms with E-state index in [0.29, 0.717) is 0 Å². The molecule has 10 heavy (non-hydrogen) atoms. The van der Waals surface area contributed by atoms with Crippen molar-refractivity contribution < 1.29 is 4.42 Å². The van der Waals surface area contributed by atoms with Crippen LogP contribution in [-0.4, -0.2) is 0 Å². The van der Waals surface area contributed by atoms with Crippen molar-refractivity contribution in [3.8, 4) is 0 Å². The van der Waals surface area contributed by atoms with Gasteiger partial charge in [0, 0.05) is 5.56 Å². The van der Waals surface area contributed by atoms with Crippen molar-refractivity contribution in [3.63, 3.8) is 0 Å². The van der Waals surface area contributed by atoms with E-state index >= 15 is 0 Å². The first-order valence-electron chi connectivity index (χ1n) is 3.29. The van der Waals surface area contributed by atoms with Crippen LogP contribution in [0.1, 0.15) is 25.3 Å². The Morgan fingerprint density at radius 3 is 2.60 bits per heavy atom. The standard InChI is InChI=1S/C8H10O2/c1-6(2)7-4-3-5-10-8(7)9/h3-6H,1-2H3. The van der Waals surface area contributed by atoms with Gasteiger partial charge in [0.1, 0.15) is 0 Å². The fraction of sp³-hybridized carbons (Fsp3) is 0.375. The Labute approximate surface area is 59.5 Å². The molecule has 0 aliphatic heterocycles. The first kappa shape index (κ1) is 7.06. The lowest BCUT2D eigenvalue weighted by molar-refractivity contribution is 0.497. The lowest BCUT2D eigenvalue weighted by Crippen LogP contribution is -2.06. The van der Waals surface area contributed by atoms with Crippen LogP contribution in [0.5, 0.6) is 0 Å². The lowest BCUT2D eigenvalue weighted by Gasteiger charge is -1.99. The molecular formula is C8H10O2. The molecule has 54 valence electrons. The third-order valence-corrected chi connectivity index (χ3v) is 1.39. The van der Waals surface area contributed by atoms with Gasteiger partial charge in [-0.2, -0.15) is 0 Å². The first-order chi connectivity index (χ1) is 4.72. The number of hydrogen-bond donors (Lipinski definition) is 0. The third-order valence-electron chi connectivity index (χ3n) is 1.39. The van der Waals surface area contributed by atoms with Gasteiger partial charge in [0.15, 0.2) is 0 Å². The minimum Gasteiger partial charge on any atom is -0.431 e. The molecule has 0 radical (unpaired) electrons. The molecule has 0 amide bonds. The molecule has 0 atom stereocenters. The molecule has 2 heteroatoms. The van der Waals surface area contributed by atoms with Crippen LogP contribution in [0.25, 0.3) is 0 Å². The Morgan fingerprint density at radius 1 is 1.50 bits per heavy atom. The minimum absolute atomic E-state index is 0.225. The Kier molecular flexibility index (Phi) is 1.90. The van der Waals surface area contributed by atoms with E-state index in [2.05, 4.69) is 4.42 Å². The summed E-state index contributed by atoms with van der Waals surface area (Å²) in [6.07, 6.45) is 1.40. The summed E-state index contributed by atoms with van der Waals surface area (Å²) in [5.41, 5.74) is 0.514. The molecule has 0 aromatic carbocycles. The molecule has 1 aromatic heterocycles. The topological polar surface area (TPSA) is 30.2 Å². The molecule has 0 fully saturated rings. The van der Waals surface area contributed by atoms with Crippen LogP contribution in [0.4, 0.5) is 0 Å². The summed E-state index contributed by atoms with van der Waals surface area (Å²) in [7, 11) is 0. The largest absolute Gasteiger partial charge is 0.431 e. The van der Waals surface area contributed by atoms with Crippen molar-refractivity contribution in [2.75, 3.05) is 0 Å². The SMILES string of the molecule is CC(C)c1cccoc1=O. The van der Waals surface area contributed by atoms with Gasteiger partial charge in [-0.3, -0.25) is 0 Å². The first-order valence-corrected chi connectivity index (χ1v) is 3.29. The van der Waals surface area contributed by atoms with Crippen molar-refractivity contribution in [3.05, 3.63) is 34.4 Å². The van der Waals surface area contributed by atoms with Crippen LogP contribution < -0.4 is 5.63 Å². The van der Waals surface area contributed by atoms with Crippen LogP contribution in [0.3, 0.4) is 0 Å². The van der Waals surface area contributed by atoms with Gasteiger partial charge in [0.05, 0.1) is 6.26 Å². The fourth-order valence-electron chi connectivity index (χ4n) is 0.808. The van der Waals surface area contributed by atoms with Gasteiger partial charge in [0.2, 0.25) is 0 Å². The molecule has 0 aliphatic rings. The average Bonchev–Trinajstić information content (AvgIpc) is 1.88. The predicted octanol–water partition coefficient (Wildman–Crippen LogP) is 1.76. The van der Waals surface area contributed by atoms with E-state index in [1.54, 1.807) is 12.1 Å². The predicted molar refractivity (Wildman–Crippen MR) is 39.1 cm³/mol. The highest BCUT2D eigenvalue weighted by Crippen LogP contribution is 2.07. The van der Waals surface area contributed by atoms with Crippen molar-refractivity contribution in [1.82, 2.24) is 0 Å². The third kappa shape index (κ3) is 1.26. The molecule has 0 saturated heterocycles. The zero-order chi connectivity index (χ0) is 7.56. The zero-order valence-electron chi connectivity index (χ0n) is 6.13. The maximum atomic E-state index is 10.9. The smallest absolute Gasteiger partial charge is 0.339 e. The Balaban J connectivity index is 3.16. The second kappa shape index (κ2) is 2.69. The van der Waals surface area contributed by atoms with E-state index in [9.17, 15) is 4.79 Å². The monoisotopic (exact) mass is 138 g/mol. The molecule has 0 bridgehead atoms. The van der Waals surface area contributed by atoms with Crippen LogP contribution in [-0.2, 0) is 0 Å². The fourth-order valence-corrected chi connectivity index (χ4v) is 0.808. The van der Waals surface area contributed by atoms with E-state index in [1.165, 1.54) is 6.26 Å². The van der Waals surface area contributed by atoms with Gasteiger partial charge >= 0.3 is 5.63 Å². The molecule has 0 spiro atoms. The maximum Gasteiger partial charge on any atom is 0.339 e. The summed E-state index contributed by atoms with van der Waals surface area (Å²) < 4.78 is 4.66. The zero-order valence-corrected chi connectivity index (χ0v) is 6.13. The number of hydrogen-bond acceptors (Lipinski definition) is 2. The highest BCUT2D eigenvalue weighted by Gasteiger charge is 2.02. The van der Waals surface area contributed by atoms with Gasteiger partial charge < -0.3 is 4.42 Å². The van der Waals surface area contributed by atoms with Crippen LogP contribution in [0.15, 0.2) is 27.6 Å². The van der Waals surface area contributed by atoms with E-state index in [1.807, 2.05) is 13.8 Å². The van der Waals surface area contributed by atoms with E-state index in [-0.39, 0.29) is 11.5 Å². The van der Waals surface area contributed by atoms with Gasteiger partial charge in [-0.05, 0) is 18.1 Å². The summed E-state index contributed by atoms with van der Waals surface area (Å²) >= 11 is 0. The molecule has 1 rings (SSSR count). The Bertz CT molecular complexity index is 260. The summed E-state index contributed by atoms with van der Waals surface area (Å²) in [6, 6.07) is 3.52. The summed E-state index contributed by atoms with van der Waals surface area (Å²) in [5.74, 6) is 0.248. The molecule has 1 aromatic rings. The van der Waals surface area contributed by atoms with Crippen molar-refractivity contribution >= 4 is 0 Å². The van der Waals surface area contributed by atoms with Gasteiger partial charge in [-0.15, -0.1) is 0 Å². The summed E-state index contributed by atoms with van der Waals surface area (Å²) in [5, 5.41) is 0. The van der Waals surface area contributed by atoms with Gasteiger partial charge in [-0.25, -0.2) is 4.79 Å². The average molecular weight is 138 g/mol. The minimum atomic E-state index is -0.225.